The van der Waals surface area contributed by atoms with Crippen LogP contribution in [0, 0.1) is 0 Å². The van der Waals surface area contributed by atoms with Crippen molar-refractivity contribution in [2.45, 2.75) is 353 Å². The maximum absolute atomic E-state index is 12.5. The lowest BCUT2D eigenvalue weighted by Gasteiger charge is -2.20. The van der Waals surface area contributed by atoms with Gasteiger partial charge in [0, 0.05) is 12.8 Å². The van der Waals surface area contributed by atoms with E-state index >= 15 is 0 Å². The molecule has 0 saturated heterocycles. The Morgan fingerprint density at radius 3 is 1.11 bits per heavy atom. The van der Waals surface area contributed by atoms with Crippen LogP contribution in [0.15, 0.2) is 48.6 Å². The minimum atomic E-state index is -0.843. The number of hydrogen-bond acceptors (Lipinski definition) is 5. The Kier molecular flexibility index (Phi) is 60.5. The van der Waals surface area contributed by atoms with Gasteiger partial charge in [0.25, 0.3) is 0 Å². The molecule has 2 atom stereocenters. The first-order valence-electron chi connectivity index (χ1n) is 32.4. The SMILES string of the molecule is CCC/C=C\C/C=C\CCCCCCCC(=O)OCCCCCCCCCCCCCC/C=C\CCCCCCCCCCCCCCCCC(=O)NC(CO)C(O)/C=C/CCCCCCCCCCCCC. The summed E-state index contributed by atoms with van der Waals surface area (Å²) in [7, 11) is 0. The van der Waals surface area contributed by atoms with Crippen molar-refractivity contribution in [2.75, 3.05) is 13.2 Å². The molecule has 0 aliphatic carbocycles. The van der Waals surface area contributed by atoms with Crippen LogP contribution >= 0.6 is 0 Å². The van der Waals surface area contributed by atoms with Gasteiger partial charge < -0.3 is 20.3 Å². The molecule has 73 heavy (non-hydrogen) atoms. The number of ether oxygens (including phenoxy) is 1. The zero-order valence-corrected chi connectivity index (χ0v) is 48.9. The van der Waals surface area contributed by atoms with Gasteiger partial charge in [-0.3, -0.25) is 9.59 Å². The van der Waals surface area contributed by atoms with Crippen molar-refractivity contribution in [3.63, 3.8) is 0 Å². The first kappa shape index (κ1) is 70.8. The molecule has 0 aliphatic heterocycles. The summed E-state index contributed by atoms with van der Waals surface area (Å²) < 4.78 is 5.47. The first-order chi connectivity index (χ1) is 36.0. The van der Waals surface area contributed by atoms with Crippen LogP contribution in [0.4, 0.5) is 0 Å². The lowest BCUT2D eigenvalue weighted by atomic mass is 10.0. The largest absolute Gasteiger partial charge is 0.466 e. The summed E-state index contributed by atoms with van der Waals surface area (Å²) in [6, 6.07) is -0.626. The number of aliphatic hydroxyl groups excluding tert-OH is 2. The number of carbonyl (C=O) groups excluding carboxylic acids is 2. The van der Waals surface area contributed by atoms with Crippen molar-refractivity contribution in [1.29, 1.82) is 0 Å². The van der Waals surface area contributed by atoms with E-state index in [2.05, 4.69) is 55.6 Å². The maximum Gasteiger partial charge on any atom is 0.305 e. The van der Waals surface area contributed by atoms with Gasteiger partial charge >= 0.3 is 5.97 Å². The summed E-state index contributed by atoms with van der Waals surface area (Å²) in [6.07, 6.45) is 80.3. The van der Waals surface area contributed by atoms with Crippen LogP contribution in [0.3, 0.4) is 0 Å². The number of esters is 1. The maximum atomic E-state index is 12.5. The van der Waals surface area contributed by atoms with E-state index in [4.69, 9.17) is 4.74 Å². The van der Waals surface area contributed by atoms with Crippen LogP contribution in [0.2, 0.25) is 0 Å². The fourth-order valence-electron chi connectivity index (χ4n) is 9.84. The van der Waals surface area contributed by atoms with E-state index in [1.165, 1.54) is 263 Å². The van der Waals surface area contributed by atoms with E-state index in [0.29, 0.717) is 19.4 Å². The van der Waals surface area contributed by atoms with Crippen molar-refractivity contribution in [2.24, 2.45) is 0 Å². The molecule has 6 nitrogen and oxygen atoms in total. The van der Waals surface area contributed by atoms with Gasteiger partial charge in [-0.1, -0.05) is 294 Å². The molecule has 0 aromatic rings. The standard InChI is InChI=1S/C67H125NO5/c1-3-5-7-9-11-13-15-35-39-43-47-51-55-59-65(70)64(63-69)68-66(71)60-56-52-48-44-40-37-33-31-29-27-25-23-21-19-17-18-20-22-24-26-28-30-32-34-38-42-46-50-54-58-62-73-67(72)61-57-53-49-45-41-36-16-14-12-10-8-6-4-2/h8,10,14,16,18,20,55,59,64-65,69-70H,3-7,9,11-13,15,17,19,21-54,56-58,60-63H2,1-2H3,(H,68,71)/b10-8-,16-14-,20-18-,59-55+. The monoisotopic (exact) mass is 1020 g/mol. The molecule has 1 amide bonds. The van der Waals surface area contributed by atoms with E-state index in [-0.39, 0.29) is 18.5 Å². The zero-order valence-electron chi connectivity index (χ0n) is 48.9. The van der Waals surface area contributed by atoms with Crippen molar-refractivity contribution < 1.29 is 24.5 Å². The lowest BCUT2D eigenvalue weighted by molar-refractivity contribution is -0.143. The predicted octanol–water partition coefficient (Wildman–Crippen LogP) is 20.5. The van der Waals surface area contributed by atoms with E-state index in [9.17, 15) is 19.8 Å². The zero-order chi connectivity index (χ0) is 52.9. The van der Waals surface area contributed by atoms with Crippen LogP contribution in [-0.4, -0.2) is 47.4 Å². The van der Waals surface area contributed by atoms with Gasteiger partial charge in [0.15, 0.2) is 0 Å². The third-order valence-corrected chi connectivity index (χ3v) is 14.8. The molecule has 0 rings (SSSR count). The summed E-state index contributed by atoms with van der Waals surface area (Å²) in [5, 5.41) is 23.1. The molecule has 0 radical (unpaired) electrons. The Morgan fingerprint density at radius 2 is 0.712 bits per heavy atom. The number of rotatable bonds is 60. The van der Waals surface area contributed by atoms with Gasteiger partial charge in [0.05, 0.1) is 25.4 Å². The summed E-state index contributed by atoms with van der Waals surface area (Å²) in [4.78, 5) is 24.5. The Balaban J connectivity index is 3.38. The van der Waals surface area contributed by atoms with E-state index < -0.39 is 12.1 Å². The predicted molar refractivity (Wildman–Crippen MR) is 319 cm³/mol. The van der Waals surface area contributed by atoms with Gasteiger partial charge in [-0.05, 0) is 83.5 Å². The number of amides is 1. The second-order valence-corrected chi connectivity index (χ2v) is 22.1. The number of unbranched alkanes of at least 4 members (excludes halogenated alkanes) is 43. The summed E-state index contributed by atoms with van der Waals surface area (Å²) in [5.74, 6) is -0.0651. The smallest absolute Gasteiger partial charge is 0.305 e. The molecule has 0 saturated carbocycles. The molecule has 0 aromatic carbocycles. The van der Waals surface area contributed by atoms with Crippen LogP contribution in [0.25, 0.3) is 0 Å². The van der Waals surface area contributed by atoms with E-state index in [1.54, 1.807) is 6.08 Å². The quantitative estimate of drug-likeness (QED) is 0.0320. The highest BCUT2D eigenvalue weighted by Crippen LogP contribution is 2.17. The second kappa shape index (κ2) is 62.4. The second-order valence-electron chi connectivity index (χ2n) is 22.1. The first-order valence-corrected chi connectivity index (χ1v) is 32.4. The van der Waals surface area contributed by atoms with Crippen LogP contribution in [0.1, 0.15) is 341 Å². The van der Waals surface area contributed by atoms with Crippen molar-refractivity contribution in [3.05, 3.63) is 48.6 Å². The Labute approximate surface area is 455 Å². The molecule has 0 fully saturated rings. The van der Waals surface area contributed by atoms with Gasteiger partial charge in [-0.15, -0.1) is 0 Å². The van der Waals surface area contributed by atoms with E-state index in [1.807, 2.05) is 6.08 Å². The summed E-state index contributed by atoms with van der Waals surface area (Å²) in [5.41, 5.74) is 0. The number of nitrogens with one attached hydrogen (secondary N) is 1. The van der Waals surface area contributed by atoms with Gasteiger partial charge in [-0.25, -0.2) is 0 Å². The average Bonchev–Trinajstić information content (AvgIpc) is 3.39. The van der Waals surface area contributed by atoms with Gasteiger partial charge in [0.2, 0.25) is 5.91 Å². The molecular weight excluding hydrogens is 899 g/mol. The number of hydrogen-bond donors (Lipinski definition) is 3. The molecule has 0 aliphatic rings. The molecule has 3 N–H and O–H groups in total. The highest BCUT2D eigenvalue weighted by molar-refractivity contribution is 5.76. The fourth-order valence-corrected chi connectivity index (χ4v) is 9.84. The molecule has 0 spiro atoms. The molecular formula is C67H125NO5. The van der Waals surface area contributed by atoms with Gasteiger partial charge in [-0.2, -0.15) is 0 Å². The number of carbonyl (C=O) groups is 2. The molecule has 428 valence electrons. The fraction of sp³-hybridized carbons (Fsp3) is 0.851. The van der Waals surface area contributed by atoms with Crippen LogP contribution in [0.5, 0.6) is 0 Å². The Bertz CT molecular complexity index is 1230. The van der Waals surface area contributed by atoms with E-state index in [0.717, 1.165) is 51.4 Å². The minimum absolute atomic E-state index is 0.00108. The molecule has 0 aromatic heterocycles. The van der Waals surface area contributed by atoms with Gasteiger partial charge in [0.1, 0.15) is 0 Å². The lowest BCUT2D eigenvalue weighted by Crippen LogP contribution is -2.45. The summed E-state index contributed by atoms with van der Waals surface area (Å²) >= 11 is 0. The highest BCUT2D eigenvalue weighted by Gasteiger charge is 2.18. The summed E-state index contributed by atoms with van der Waals surface area (Å²) in [6.45, 7) is 4.84. The normalized spacial score (nSPS) is 12.9. The Morgan fingerprint density at radius 1 is 0.384 bits per heavy atom. The van der Waals surface area contributed by atoms with Crippen molar-refractivity contribution in [3.8, 4) is 0 Å². The third-order valence-electron chi connectivity index (χ3n) is 14.8. The van der Waals surface area contributed by atoms with Crippen LogP contribution < -0.4 is 5.32 Å². The molecule has 2 unspecified atom stereocenters. The van der Waals surface area contributed by atoms with Crippen molar-refractivity contribution in [1.82, 2.24) is 5.32 Å². The number of allylic oxidation sites excluding steroid dienone is 7. The van der Waals surface area contributed by atoms with Crippen LogP contribution in [-0.2, 0) is 14.3 Å². The minimum Gasteiger partial charge on any atom is -0.466 e. The highest BCUT2D eigenvalue weighted by atomic mass is 16.5. The van der Waals surface area contributed by atoms with Crippen molar-refractivity contribution >= 4 is 11.9 Å². The third kappa shape index (κ3) is 58.9. The number of aliphatic hydroxyl groups is 2. The molecule has 0 bridgehead atoms. The molecule has 6 heteroatoms. The Hall–Kier alpha value is -2.18. The molecule has 0 heterocycles. The topological polar surface area (TPSA) is 95.9 Å². The average molecular weight is 1020 g/mol.